The van der Waals surface area contributed by atoms with E-state index in [2.05, 4.69) is 0 Å². The van der Waals surface area contributed by atoms with Crippen LogP contribution in [0.15, 0.2) is 103 Å². The van der Waals surface area contributed by atoms with Crippen molar-refractivity contribution in [1.82, 2.24) is 0 Å². The third-order valence-corrected chi connectivity index (χ3v) is 5.74. The van der Waals surface area contributed by atoms with Crippen LogP contribution in [0, 0.1) is 0 Å². The van der Waals surface area contributed by atoms with Crippen molar-refractivity contribution in [1.29, 1.82) is 0 Å². The van der Waals surface area contributed by atoms with Gasteiger partial charge in [0.1, 0.15) is 17.2 Å². The molecule has 0 spiro atoms. The summed E-state index contributed by atoms with van der Waals surface area (Å²) in [5.41, 5.74) is 1.54. The van der Waals surface area contributed by atoms with Gasteiger partial charge in [-0.2, -0.15) is 0 Å². The molecule has 5 nitrogen and oxygen atoms in total. The standard InChI is InChI=1S/C29H26O5/c1-31-25-15-9-22(10-16-25)29(23-11-17-26(32-2)18-12-23,24-13-19-27(33-3)20-14-24)34-28(30)21-7-5-4-6-8-21/h4-20H,1-3H3. The van der Waals surface area contributed by atoms with Crippen molar-refractivity contribution in [3.05, 3.63) is 125 Å². The molecule has 0 aromatic heterocycles. The second-order valence-corrected chi connectivity index (χ2v) is 7.62. The Morgan fingerprint density at radius 3 is 1.21 bits per heavy atom. The fraction of sp³-hybridized carbons (Fsp3) is 0.138. The van der Waals surface area contributed by atoms with Crippen molar-refractivity contribution in [3.8, 4) is 17.2 Å². The van der Waals surface area contributed by atoms with Gasteiger partial charge in [-0.05, 0) is 48.5 Å². The van der Waals surface area contributed by atoms with Crippen LogP contribution in [-0.4, -0.2) is 27.3 Å². The van der Waals surface area contributed by atoms with Crippen molar-refractivity contribution in [2.45, 2.75) is 5.60 Å². The van der Waals surface area contributed by atoms with Crippen LogP contribution in [0.5, 0.6) is 17.2 Å². The molecule has 0 fully saturated rings. The zero-order chi connectivity index (χ0) is 24.0. The van der Waals surface area contributed by atoms with Crippen LogP contribution in [0.2, 0.25) is 0 Å². The second kappa shape index (κ2) is 10.1. The summed E-state index contributed by atoms with van der Waals surface area (Å²) in [5, 5.41) is 0. The van der Waals surface area contributed by atoms with E-state index in [9.17, 15) is 4.79 Å². The monoisotopic (exact) mass is 454 g/mol. The molecule has 0 saturated heterocycles. The van der Waals surface area contributed by atoms with Crippen LogP contribution < -0.4 is 14.2 Å². The van der Waals surface area contributed by atoms with Gasteiger partial charge < -0.3 is 18.9 Å². The molecule has 4 aromatic rings. The van der Waals surface area contributed by atoms with Gasteiger partial charge in [0.2, 0.25) is 0 Å². The fourth-order valence-electron chi connectivity index (χ4n) is 3.93. The summed E-state index contributed by atoms with van der Waals surface area (Å²) >= 11 is 0. The average Bonchev–Trinajstić information content (AvgIpc) is 2.92. The van der Waals surface area contributed by atoms with Crippen LogP contribution >= 0.6 is 0 Å². The molecule has 0 radical (unpaired) electrons. The van der Waals surface area contributed by atoms with Gasteiger partial charge in [-0.1, -0.05) is 54.6 Å². The van der Waals surface area contributed by atoms with Gasteiger partial charge in [0.25, 0.3) is 0 Å². The number of methoxy groups -OCH3 is 3. The van der Waals surface area contributed by atoms with Gasteiger partial charge >= 0.3 is 5.97 Å². The highest BCUT2D eigenvalue weighted by Crippen LogP contribution is 2.42. The van der Waals surface area contributed by atoms with Gasteiger partial charge in [0, 0.05) is 16.7 Å². The summed E-state index contributed by atoms with van der Waals surface area (Å²) in [6.45, 7) is 0. The van der Waals surface area contributed by atoms with Crippen molar-refractivity contribution >= 4 is 5.97 Å². The maximum atomic E-state index is 13.5. The molecule has 0 amide bonds. The highest BCUT2D eigenvalue weighted by atomic mass is 16.6. The Morgan fingerprint density at radius 2 is 0.882 bits per heavy atom. The highest BCUT2D eigenvalue weighted by Gasteiger charge is 2.41. The number of carbonyl (C=O) groups excluding carboxylic acids is 1. The molecule has 0 bridgehead atoms. The third-order valence-electron chi connectivity index (χ3n) is 5.74. The van der Waals surface area contributed by atoms with E-state index in [1.54, 1.807) is 33.5 Å². The Kier molecular flexibility index (Phi) is 6.83. The van der Waals surface area contributed by atoms with Crippen LogP contribution in [0.4, 0.5) is 0 Å². The fourth-order valence-corrected chi connectivity index (χ4v) is 3.93. The van der Waals surface area contributed by atoms with Crippen LogP contribution in [-0.2, 0) is 10.3 Å². The SMILES string of the molecule is COc1ccc(C(OC(=O)c2ccccc2)(c2ccc(OC)cc2)c2ccc(OC)cc2)cc1. The van der Waals surface area contributed by atoms with E-state index >= 15 is 0 Å². The van der Waals surface area contributed by atoms with E-state index < -0.39 is 11.6 Å². The van der Waals surface area contributed by atoms with Gasteiger partial charge in [0.05, 0.1) is 26.9 Å². The molecule has 172 valence electrons. The molecule has 0 aliphatic heterocycles. The lowest BCUT2D eigenvalue weighted by Gasteiger charge is -2.35. The Labute approximate surface area is 199 Å². The van der Waals surface area contributed by atoms with E-state index in [-0.39, 0.29) is 0 Å². The number of hydrogen-bond acceptors (Lipinski definition) is 5. The minimum Gasteiger partial charge on any atom is -0.497 e. The number of rotatable bonds is 8. The highest BCUT2D eigenvalue weighted by molar-refractivity contribution is 5.90. The predicted molar refractivity (Wildman–Crippen MR) is 131 cm³/mol. The van der Waals surface area contributed by atoms with Crippen molar-refractivity contribution in [2.24, 2.45) is 0 Å². The third kappa shape index (κ3) is 4.46. The Morgan fingerprint density at radius 1 is 0.529 bits per heavy atom. The minimum absolute atomic E-state index is 0.442. The topological polar surface area (TPSA) is 54.0 Å². The number of benzene rings is 4. The van der Waals surface area contributed by atoms with Crippen LogP contribution in [0.1, 0.15) is 27.0 Å². The van der Waals surface area contributed by atoms with Crippen LogP contribution in [0.25, 0.3) is 0 Å². The van der Waals surface area contributed by atoms with E-state index in [0.29, 0.717) is 22.8 Å². The minimum atomic E-state index is -1.24. The summed E-state index contributed by atoms with van der Waals surface area (Å²) in [6.07, 6.45) is 0. The summed E-state index contributed by atoms with van der Waals surface area (Å²) < 4.78 is 22.5. The number of hydrogen-bond donors (Lipinski definition) is 0. The molecule has 0 saturated carbocycles. The first-order valence-electron chi connectivity index (χ1n) is 10.8. The molecule has 0 atom stereocenters. The smallest absolute Gasteiger partial charge is 0.339 e. The van der Waals surface area contributed by atoms with E-state index in [1.165, 1.54) is 0 Å². The normalized spacial score (nSPS) is 10.9. The summed E-state index contributed by atoms with van der Waals surface area (Å²) in [6, 6.07) is 31.5. The first-order valence-corrected chi connectivity index (χ1v) is 10.8. The molecular formula is C29H26O5. The zero-order valence-corrected chi connectivity index (χ0v) is 19.4. The molecule has 0 heterocycles. The van der Waals surface area contributed by atoms with Crippen molar-refractivity contribution in [3.63, 3.8) is 0 Å². The Hall–Kier alpha value is -4.25. The second-order valence-electron chi connectivity index (χ2n) is 7.62. The first-order chi connectivity index (χ1) is 16.6. The number of ether oxygens (including phenoxy) is 4. The van der Waals surface area contributed by atoms with Crippen molar-refractivity contribution < 1.29 is 23.7 Å². The van der Waals surface area contributed by atoms with Gasteiger partial charge in [-0.25, -0.2) is 4.79 Å². The van der Waals surface area contributed by atoms with E-state index in [0.717, 1.165) is 16.7 Å². The summed E-state index contributed by atoms with van der Waals surface area (Å²) in [7, 11) is 4.85. The number of carbonyl (C=O) groups is 1. The quantitative estimate of drug-likeness (QED) is 0.247. The lowest BCUT2D eigenvalue weighted by molar-refractivity contribution is 0.0141. The Balaban J connectivity index is 1.96. The summed E-state index contributed by atoms with van der Waals surface area (Å²) in [5.74, 6) is 1.67. The Bertz CT molecular complexity index is 1100. The molecule has 4 aromatic carbocycles. The van der Waals surface area contributed by atoms with Gasteiger partial charge in [-0.15, -0.1) is 0 Å². The van der Waals surface area contributed by atoms with E-state index in [1.807, 2.05) is 91.0 Å². The maximum Gasteiger partial charge on any atom is 0.339 e. The zero-order valence-electron chi connectivity index (χ0n) is 19.4. The lowest BCUT2D eigenvalue weighted by Crippen LogP contribution is -2.35. The van der Waals surface area contributed by atoms with Crippen LogP contribution in [0.3, 0.4) is 0 Å². The molecule has 4 rings (SSSR count). The van der Waals surface area contributed by atoms with Gasteiger partial charge in [-0.3, -0.25) is 0 Å². The largest absolute Gasteiger partial charge is 0.497 e. The van der Waals surface area contributed by atoms with E-state index in [4.69, 9.17) is 18.9 Å². The predicted octanol–water partition coefficient (Wildman–Crippen LogP) is 5.86. The molecule has 0 aliphatic rings. The van der Waals surface area contributed by atoms with Gasteiger partial charge in [0.15, 0.2) is 5.60 Å². The average molecular weight is 455 g/mol. The molecule has 34 heavy (non-hydrogen) atoms. The molecular weight excluding hydrogens is 428 g/mol. The lowest BCUT2D eigenvalue weighted by atomic mass is 9.79. The maximum absolute atomic E-state index is 13.5. The summed E-state index contributed by atoms with van der Waals surface area (Å²) in [4.78, 5) is 13.5. The molecule has 0 unspecified atom stereocenters. The molecule has 5 heteroatoms. The van der Waals surface area contributed by atoms with Crippen molar-refractivity contribution in [2.75, 3.05) is 21.3 Å². The number of esters is 1. The first kappa shape index (κ1) is 22.9. The molecule has 0 N–H and O–H groups in total. The molecule has 0 aliphatic carbocycles.